The minimum absolute atomic E-state index is 0.379. The van der Waals surface area contributed by atoms with Crippen LogP contribution in [-0.4, -0.2) is 31.9 Å². The number of amides is 1. The summed E-state index contributed by atoms with van der Waals surface area (Å²) < 4.78 is 10.5. The van der Waals surface area contributed by atoms with Crippen LogP contribution in [0.5, 0.6) is 5.75 Å². The van der Waals surface area contributed by atoms with E-state index in [1.807, 2.05) is 45.9 Å². The lowest BCUT2D eigenvalue weighted by Gasteiger charge is -2.19. The van der Waals surface area contributed by atoms with E-state index in [1.165, 1.54) is 0 Å². The summed E-state index contributed by atoms with van der Waals surface area (Å²) in [5.41, 5.74) is 1.65. The predicted molar refractivity (Wildman–Crippen MR) is 85.1 cm³/mol. The standard InChI is InChI=1S/C16H26N2O3/c1-12-7-8-13(14(11-12)20-5)17-9-6-10-18-15(19)21-16(2,3)4/h7-8,11,17H,6,9-10H2,1-5H3,(H,18,19). The molecule has 2 N–H and O–H groups in total. The highest BCUT2D eigenvalue weighted by Crippen LogP contribution is 2.24. The van der Waals surface area contributed by atoms with Crippen LogP contribution in [0.1, 0.15) is 32.8 Å². The molecule has 1 aromatic carbocycles. The van der Waals surface area contributed by atoms with Gasteiger partial charge >= 0.3 is 6.09 Å². The van der Waals surface area contributed by atoms with Crippen LogP contribution in [0.25, 0.3) is 0 Å². The Kier molecular flexibility index (Phi) is 6.34. The van der Waals surface area contributed by atoms with E-state index in [0.717, 1.165) is 30.0 Å². The zero-order chi connectivity index (χ0) is 15.9. The van der Waals surface area contributed by atoms with Gasteiger partial charge in [-0.25, -0.2) is 4.79 Å². The fourth-order valence-corrected chi connectivity index (χ4v) is 1.76. The summed E-state index contributed by atoms with van der Waals surface area (Å²) in [4.78, 5) is 11.5. The Morgan fingerprint density at radius 2 is 1.95 bits per heavy atom. The van der Waals surface area contributed by atoms with Crippen molar-refractivity contribution in [2.75, 3.05) is 25.5 Å². The second kappa shape index (κ2) is 7.76. The molecule has 0 aromatic heterocycles. The third kappa shape index (κ3) is 6.88. The molecule has 0 atom stereocenters. The number of aryl methyl sites for hydroxylation is 1. The van der Waals surface area contributed by atoms with E-state index in [2.05, 4.69) is 10.6 Å². The lowest BCUT2D eigenvalue weighted by atomic mass is 10.2. The van der Waals surface area contributed by atoms with Crippen molar-refractivity contribution in [1.29, 1.82) is 0 Å². The number of alkyl carbamates (subject to hydrolysis) is 1. The Morgan fingerprint density at radius 3 is 2.57 bits per heavy atom. The number of hydrogen-bond donors (Lipinski definition) is 2. The van der Waals surface area contributed by atoms with E-state index in [-0.39, 0.29) is 6.09 Å². The van der Waals surface area contributed by atoms with Gasteiger partial charge in [0, 0.05) is 13.1 Å². The van der Waals surface area contributed by atoms with E-state index in [0.29, 0.717) is 6.54 Å². The van der Waals surface area contributed by atoms with Gasteiger partial charge in [0.25, 0.3) is 0 Å². The summed E-state index contributed by atoms with van der Waals surface area (Å²) in [7, 11) is 1.66. The van der Waals surface area contributed by atoms with Crippen molar-refractivity contribution < 1.29 is 14.3 Å². The minimum atomic E-state index is -0.461. The van der Waals surface area contributed by atoms with Gasteiger partial charge in [-0.15, -0.1) is 0 Å². The molecule has 0 radical (unpaired) electrons. The smallest absolute Gasteiger partial charge is 0.407 e. The predicted octanol–water partition coefficient (Wildman–Crippen LogP) is 3.33. The second-order valence-electron chi connectivity index (χ2n) is 5.91. The molecular formula is C16H26N2O3. The van der Waals surface area contributed by atoms with E-state index in [9.17, 15) is 4.79 Å². The number of methoxy groups -OCH3 is 1. The Morgan fingerprint density at radius 1 is 1.24 bits per heavy atom. The lowest BCUT2D eigenvalue weighted by molar-refractivity contribution is 0.0528. The largest absolute Gasteiger partial charge is 0.495 e. The molecule has 118 valence electrons. The average Bonchev–Trinajstić information content (AvgIpc) is 2.37. The van der Waals surface area contributed by atoms with Crippen LogP contribution < -0.4 is 15.4 Å². The van der Waals surface area contributed by atoms with Gasteiger partial charge in [-0.1, -0.05) is 6.07 Å². The van der Waals surface area contributed by atoms with Crippen LogP contribution in [0.3, 0.4) is 0 Å². The number of nitrogens with one attached hydrogen (secondary N) is 2. The number of carbonyl (C=O) groups is 1. The van der Waals surface area contributed by atoms with Crippen LogP contribution in [0, 0.1) is 6.92 Å². The first-order valence-electron chi connectivity index (χ1n) is 7.17. The van der Waals surface area contributed by atoms with Gasteiger partial charge in [-0.2, -0.15) is 0 Å². The number of hydrogen-bond acceptors (Lipinski definition) is 4. The number of ether oxygens (including phenoxy) is 2. The summed E-state index contributed by atoms with van der Waals surface area (Å²) in [6.07, 6.45) is 0.423. The van der Waals surface area contributed by atoms with Crippen molar-refractivity contribution in [3.8, 4) is 5.75 Å². The molecule has 0 fully saturated rings. The highest BCUT2D eigenvalue weighted by Gasteiger charge is 2.15. The molecule has 0 saturated heterocycles. The third-order valence-corrected chi connectivity index (χ3v) is 2.69. The Bertz CT molecular complexity index is 467. The zero-order valence-electron chi connectivity index (χ0n) is 13.6. The molecular weight excluding hydrogens is 268 g/mol. The normalized spacial score (nSPS) is 10.9. The van der Waals surface area contributed by atoms with Crippen molar-refractivity contribution >= 4 is 11.8 Å². The monoisotopic (exact) mass is 294 g/mol. The van der Waals surface area contributed by atoms with Gasteiger partial charge in [0.05, 0.1) is 12.8 Å². The van der Waals surface area contributed by atoms with Crippen LogP contribution >= 0.6 is 0 Å². The second-order valence-corrected chi connectivity index (χ2v) is 5.91. The van der Waals surface area contributed by atoms with Crippen molar-refractivity contribution in [2.24, 2.45) is 0 Å². The maximum absolute atomic E-state index is 11.5. The van der Waals surface area contributed by atoms with E-state index in [4.69, 9.17) is 9.47 Å². The topological polar surface area (TPSA) is 59.6 Å². The zero-order valence-corrected chi connectivity index (χ0v) is 13.6. The van der Waals surface area contributed by atoms with Gasteiger partial charge < -0.3 is 20.1 Å². The molecule has 0 saturated carbocycles. The van der Waals surface area contributed by atoms with Crippen LogP contribution in [0.15, 0.2) is 18.2 Å². The third-order valence-electron chi connectivity index (χ3n) is 2.69. The van der Waals surface area contributed by atoms with Crippen molar-refractivity contribution in [3.05, 3.63) is 23.8 Å². The number of carbonyl (C=O) groups excluding carboxylic acids is 1. The fraction of sp³-hybridized carbons (Fsp3) is 0.562. The van der Waals surface area contributed by atoms with Gasteiger partial charge in [0.1, 0.15) is 11.4 Å². The number of rotatable bonds is 6. The fourth-order valence-electron chi connectivity index (χ4n) is 1.76. The van der Waals surface area contributed by atoms with Crippen molar-refractivity contribution in [2.45, 2.75) is 39.7 Å². The molecule has 1 rings (SSSR count). The van der Waals surface area contributed by atoms with Crippen LogP contribution in [-0.2, 0) is 4.74 Å². The number of anilines is 1. The molecule has 1 amide bonds. The van der Waals surface area contributed by atoms with Crippen molar-refractivity contribution in [3.63, 3.8) is 0 Å². The highest BCUT2D eigenvalue weighted by atomic mass is 16.6. The molecule has 0 aliphatic heterocycles. The first-order valence-corrected chi connectivity index (χ1v) is 7.17. The average molecular weight is 294 g/mol. The molecule has 0 heterocycles. The maximum Gasteiger partial charge on any atom is 0.407 e. The molecule has 0 bridgehead atoms. The Hall–Kier alpha value is -1.91. The molecule has 0 spiro atoms. The van der Waals surface area contributed by atoms with E-state index in [1.54, 1.807) is 7.11 Å². The summed E-state index contributed by atoms with van der Waals surface area (Å²) in [6.45, 7) is 8.87. The summed E-state index contributed by atoms with van der Waals surface area (Å²) in [5.74, 6) is 0.829. The van der Waals surface area contributed by atoms with Gasteiger partial charge in [-0.3, -0.25) is 0 Å². The Balaban J connectivity index is 2.27. The Labute approximate surface area is 127 Å². The molecule has 0 unspecified atom stereocenters. The summed E-state index contributed by atoms with van der Waals surface area (Å²) in [6, 6.07) is 6.01. The summed E-state index contributed by atoms with van der Waals surface area (Å²) in [5, 5.41) is 6.03. The molecule has 5 nitrogen and oxygen atoms in total. The lowest BCUT2D eigenvalue weighted by Crippen LogP contribution is -2.33. The highest BCUT2D eigenvalue weighted by molar-refractivity contribution is 5.67. The van der Waals surface area contributed by atoms with E-state index < -0.39 is 5.60 Å². The molecule has 5 heteroatoms. The van der Waals surface area contributed by atoms with Crippen LogP contribution in [0.2, 0.25) is 0 Å². The molecule has 1 aromatic rings. The van der Waals surface area contributed by atoms with Gasteiger partial charge in [0.15, 0.2) is 0 Å². The summed E-state index contributed by atoms with van der Waals surface area (Å²) >= 11 is 0. The number of benzene rings is 1. The molecule has 0 aliphatic carbocycles. The molecule has 0 aliphatic rings. The van der Waals surface area contributed by atoms with Crippen LogP contribution in [0.4, 0.5) is 10.5 Å². The van der Waals surface area contributed by atoms with E-state index >= 15 is 0 Å². The van der Waals surface area contributed by atoms with Crippen molar-refractivity contribution in [1.82, 2.24) is 5.32 Å². The minimum Gasteiger partial charge on any atom is -0.495 e. The van der Waals surface area contributed by atoms with Gasteiger partial charge in [0.2, 0.25) is 0 Å². The SMILES string of the molecule is COc1cc(C)ccc1NCCCNC(=O)OC(C)(C)C. The maximum atomic E-state index is 11.5. The van der Waals surface area contributed by atoms with Gasteiger partial charge in [-0.05, 0) is 51.8 Å². The molecule has 21 heavy (non-hydrogen) atoms. The first-order chi connectivity index (χ1) is 9.81. The first kappa shape index (κ1) is 17.1. The quantitative estimate of drug-likeness (QED) is 0.790.